The van der Waals surface area contributed by atoms with E-state index in [4.69, 9.17) is 45.2 Å². The number of aryl methyl sites for hydroxylation is 4. The van der Waals surface area contributed by atoms with Crippen LogP contribution in [-0.2, 0) is 0 Å². The average Bonchev–Trinajstić information content (AvgIpc) is 3.67. The Morgan fingerprint density at radius 2 is 0.614 bits per heavy atom. The third-order valence-electron chi connectivity index (χ3n) is 12.7. The lowest BCUT2D eigenvalue weighted by Gasteiger charge is -2.22. The van der Waals surface area contributed by atoms with Crippen LogP contribution in [0.4, 0.5) is 0 Å². The summed E-state index contributed by atoms with van der Waals surface area (Å²) in [7, 11) is 5.87. The second-order valence-electron chi connectivity index (χ2n) is 17.0. The Bertz CT molecular complexity index is 3340. The van der Waals surface area contributed by atoms with Gasteiger partial charge in [0, 0.05) is 43.8 Å². The molecule has 0 aliphatic rings. The van der Waals surface area contributed by atoms with Crippen LogP contribution in [0.15, 0.2) is 150 Å². The van der Waals surface area contributed by atoms with Gasteiger partial charge < -0.3 is 45.2 Å². The van der Waals surface area contributed by atoms with Crippen molar-refractivity contribution in [2.24, 2.45) is 0 Å². The molecule has 0 amide bonds. The fourth-order valence-corrected chi connectivity index (χ4v) is 13.0. The highest BCUT2D eigenvalue weighted by Gasteiger charge is 2.32. The number of fused-ring (bicyclic) bond motifs is 6. The van der Waals surface area contributed by atoms with Gasteiger partial charge in [0.25, 0.3) is 16.0 Å². The van der Waals surface area contributed by atoms with Crippen molar-refractivity contribution in [2.75, 3.05) is 42.7 Å². The van der Waals surface area contributed by atoms with Gasteiger partial charge in [-0.15, -0.1) is 0 Å². The number of ether oxygens (including phenoxy) is 6. The Labute approximate surface area is 408 Å². The van der Waals surface area contributed by atoms with E-state index in [1.807, 2.05) is 125 Å². The molecule has 0 unspecified atom stereocenters. The molecule has 0 aliphatic heterocycles. The summed E-state index contributed by atoms with van der Waals surface area (Å²) in [4.78, 5) is 0. The van der Waals surface area contributed by atoms with Crippen LogP contribution in [0.25, 0.3) is 87.9 Å². The summed E-state index contributed by atoms with van der Waals surface area (Å²) in [6.07, 6.45) is 0. The Kier molecular flexibility index (Phi) is 12.5. The SMILES string of the molecule is COc1cc(C)c2op(-c3c(-c4ccccc4)ccc(OC)c3-c3c(OC)ccc(-c4ccccc4)c3-p3oc4c(C)cc(OC)cc4c4cc(OC)cc(C)c4o3)oc3c(C)cc(OC)cc3c2c1. The minimum atomic E-state index is -2.08. The second-order valence-corrected chi connectivity index (χ2v) is 19.6. The Balaban J connectivity index is 1.46. The smallest absolute Gasteiger partial charge is 0.254 e. The molecule has 0 atom stereocenters. The van der Waals surface area contributed by atoms with Crippen molar-refractivity contribution in [3.05, 3.63) is 156 Å². The van der Waals surface area contributed by atoms with Gasteiger partial charge >= 0.3 is 0 Å². The maximum absolute atomic E-state index is 7.44. The van der Waals surface area contributed by atoms with Gasteiger partial charge in [0.2, 0.25) is 0 Å². The van der Waals surface area contributed by atoms with E-state index in [1.165, 1.54) is 0 Å². The molecular weight excluding hydrogens is 919 g/mol. The summed E-state index contributed by atoms with van der Waals surface area (Å²) in [6.45, 7) is 8.10. The van der Waals surface area contributed by atoms with Crippen molar-refractivity contribution < 1.29 is 45.2 Å². The van der Waals surface area contributed by atoms with Crippen LogP contribution in [-0.4, -0.2) is 42.7 Å². The zero-order chi connectivity index (χ0) is 48.8. The van der Waals surface area contributed by atoms with Crippen LogP contribution < -0.4 is 28.4 Å². The summed E-state index contributed by atoms with van der Waals surface area (Å²) in [6, 6.07) is 44.6. The monoisotopic (exact) mass is 970 g/mol. The van der Waals surface area contributed by atoms with Gasteiger partial charge in [-0.05, 0) is 134 Å². The summed E-state index contributed by atoms with van der Waals surface area (Å²) in [5.74, 6) is 3.87. The fourth-order valence-electron chi connectivity index (χ4n) is 9.32. The van der Waals surface area contributed by atoms with Gasteiger partial charge in [-0.2, -0.15) is 0 Å². The molecule has 0 N–H and O–H groups in total. The third-order valence-corrected chi connectivity index (χ3v) is 15.8. The highest BCUT2D eigenvalue weighted by molar-refractivity contribution is 7.47. The molecule has 0 bridgehead atoms. The summed E-state index contributed by atoms with van der Waals surface area (Å²) < 4.78 is 66.2. The van der Waals surface area contributed by atoms with Gasteiger partial charge in [0.15, 0.2) is 0 Å². The van der Waals surface area contributed by atoms with Crippen LogP contribution >= 0.6 is 16.0 Å². The molecule has 0 radical (unpaired) electrons. The molecule has 2 heterocycles. The number of benzene rings is 8. The van der Waals surface area contributed by atoms with Crippen LogP contribution in [0.3, 0.4) is 0 Å². The molecule has 70 heavy (non-hydrogen) atoms. The zero-order valence-corrected chi connectivity index (χ0v) is 42.5. The van der Waals surface area contributed by atoms with Crippen LogP contribution in [0.1, 0.15) is 22.3 Å². The predicted octanol–water partition coefficient (Wildman–Crippen LogP) is 17.2. The molecule has 8 aromatic carbocycles. The molecule has 0 saturated carbocycles. The van der Waals surface area contributed by atoms with Gasteiger partial charge in [0.05, 0.1) is 53.3 Å². The highest BCUT2D eigenvalue weighted by Crippen LogP contribution is 2.62. The highest BCUT2D eigenvalue weighted by atomic mass is 31.1. The quantitative estimate of drug-likeness (QED) is 0.124. The molecule has 0 fully saturated rings. The standard InChI is InChI=1S/C58H52O10P2/c1-33-25-39(59-5)29-45-46-30-40(60-6)26-34(2)54(46)66-69(65-53(33)45)57-43(37-17-13-11-14-18-37)21-23-49(63-9)51(57)52-50(64-10)24-22-44(38-19-15-12-16-20-38)58(52)70-67-55-35(3)27-41(61-7)31-47(55)48-32-42(62-8)28-36(4)56(48)68-70/h11-32H,1-10H3. The molecular formula is C58H52O10P2. The number of hydrogen-bond acceptors (Lipinski definition) is 10. The molecule has 2 aromatic heterocycles. The first-order chi connectivity index (χ1) is 34.1. The first-order valence-electron chi connectivity index (χ1n) is 22.7. The van der Waals surface area contributed by atoms with Crippen molar-refractivity contribution in [3.63, 3.8) is 0 Å². The second kappa shape index (κ2) is 19.0. The molecule has 0 aliphatic carbocycles. The van der Waals surface area contributed by atoms with E-state index >= 15 is 0 Å². The Morgan fingerprint density at radius 3 is 0.871 bits per heavy atom. The van der Waals surface area contributed by atoms with E-state index in [0.717, 1.165) is 76.7 Å². The molecule has 10 aromatic rings. The molecule has 10 rings (SSSR count). The summed E-state index contributed by atoms with van der Waals surface area (Å²) in [5, 5.41) is 4.76. The minimum Gasteiger partial charge on any atom is -0.497 e. The normalized spacial score (nSPS) is 11.3. The Hall–Kier alpha value is -7.64. The Morgan fingerprint density at radius 1 is 0.329 bits per heavy atom. The zero-order valence-electron chi connectivity index (χ0n) is 40.7. The number of rotatable bonds is 11. The van der Waals surface area contributed by atoms with Gasteiger partial charge in [-0.3, -0.25) is 0 Å². The van der Waals surface area contributed by atoms with Crippen LogP contribution in [0.5, 0.6) is 34.5 Å². The average molecular weight is 971 g/mol. The van der Waals surface area contributed by atoms with E-state index in [0.29, 0.717) is 68.0 Å². The minimum absolute atomic E-state index is 0.559. The molecule has 0 spiro atoms. The summed E-state index contributed by atoms with van der Waals surface area (Å²) >= 11 is 0. The lowest BCUT2D eigenvalue weighted by atomic mass is 9.94. The maximum atomic E-state index is 7.44. The van der Waals surface area contributed by atoms with Crippen LogP contribution in [0, 0.1) is 27.7 Å². The van der Waals surface area contributed by atoms with Gasteiger partial charge in [-0.1, -0.05) is 60.7 Å². The summed E-state index contributed by atoms with van der Waals surface area (Å²) in [5.41, 5.74) is 11.1. The van der Waals surface area contributed by atoms with Crippen LogP contribution in [0.2, 0.25) is 0 Å². The third kappa shape index (κ3) is 8.07. The predicted molar refractivity (Wildman–Crippen MR) is 283 cm³/mol. The number of hydrogen-bond donors (Lipinski definition) is 0. The van der Waals surface area contributed by atoms with E-state index in [9.17, 15) is 0 Å². The molecule has 10 nitrogen and oxygen atoms in total. The first kappa shape index (κ1) is 46.1. The van der Waals surface area contributed by atoms with E-state index in [2.05, 4.69) is 36.4 Å². The molecule has 12 heteroatoms. The number of methoxy groups -OCH3 is 6. The van der Waals surface area contributed by atoms with E-state index in [-0.39, 0.29) is 0 Å². The maximum Gasteiger partial charge on any atom is 0.254 e. The van der Waals surface area contributed by atoms with E-state index < -0.39 is 16.0 Å². The van der Waals surface area contributed by atoms with E-state index in [1.54, 1.807) is 42.7 Å². The largest absolute Gasteiger partial charge is 0.497 e. The van der Waals surface area contributed by atoms with Gasteiger partial charge in [-0.25, -0.2) is 0 Å². The fraction of sp³-hybridized carbons (Fsp3) is 0.172. The lowest BCUT2D eigenvalue weighted by molar-refractivity contribution is 0.410. The lowest BCUT2D eigenvalue weighted by Crippen LogP contribution is -1.97. The van der Waals surface area contributed by atoms with Gasteiger partial charge in [0.1, 0.15) is 56.8 Å². The van der Waals surface area contributed by atoms with Crippen molar-refractivity contribution >= 4 is 59.9 Å². The first-order valence-corrected chi connectivity index (χ1v) is 25.0. The molecule has 0 saturated heterocycles. The van der Waals surface area contributed by atoms with Crippen molar-refractivity contribution in [3.8, 4) is 78.5 Å². The topological polar surface area (TPSA) is 108 Å². The van der Waals surface area contributed by atoms with Crippen molar-refractivity contribution in [1.29, 1.82) is 0 Å². The van der Waals surface area contributed by atoms with Crippen molar-refractivity contribution in [1.82, 2.24) is 0 Å². The molecule has 354 valence electrons. The van der Waals surface area contributed by atoms with Crippen molar-refractivity contribution in [2.45, 2.75) is 27.7 Å².